The van der Waals surface area contributed by atoms with Crippen molar-refractivity contribution in [3.8, 4) is 22.4 Å². The molecule has 7 rings (SSSR count). The molecular weight excluding hydrogens is 810 g/mol. The molecule has 5 N–H and O–H groups in total. The van der Waals surface area contributed by atoms with E-state index in [1.54, 1.807) is 55.3 Å². The average Bonchev–Trinajstić information content (AvgIpc) is 4.01. The Morgan fingerprint density at radius 2 is 1.61 bits per heavy atom. The Labute approximate surface area is 351 Å². The molecule has 4 heterocycles. The SMILES string of the molecule is COC(=O)N[C@H](C(=O)N1C[Si](C)(C)CC1c1ncc(-c2ccc(-c3ccc4c(ccc5nc([C@@H]6CC(F)(F)CN6C(=O)[C@@H](NC(=O)CO)C(C)C)[nH]c54)c3)c(F)c2)[nH]1)C(C)C. The number of hydrogen-bond acceptors (Lipinski definition) is 8. The standard InChI is InChI=1S/C43H51F3N8O6Si/c1-22(2)35(50-34(56)18-55)40(57)53-20-43(45,46)16-32(53)39-48-30-13-10-25-14-24(8-12-28(25)37(30)51-39)27-11-9-26(15-29(27)44)31-17-47-38(49-31)33-19-61(6,7)21-54(33)41(58)36(23(3)4)52-42(59)60-5/h8-15,17,22-23,32-33,35-36,55H,16,18-21H2,1-7H3,(H,47,49)(H,48,51)(H,50,56)(H,52,59)/t32-,33?,35-,36-/m0/s1. The van der Waals surface area contributed by atoms with Crippen molar-refractivity contribution >= 4 is 53.7 Å². The minimum Gasteiger partial charge on any atom is -0.453 e. The average molecular weight is 861 g/mol. The van der Waals surface area contributed by atoms with Crippen LogP contribution in [0.15, 0.2) is 54.7 Å². The fraction of sp³-hybridized carbons (Fsp3) is 0.442. The Kier molecular flexibility index (Phi) is 11.8. The van der Waals surface area contributed by atoms with Crippen LogP contribution in [0, 0.1) is 17.7 Å². The number of amides is 4. The minimum absolute atomic E-state index is 0.171. The molecule has 5 aromatic rings. The predicted octanol–water partition coefficient (Wildman–Crippen LogP) is 6.47. The van der Waals surface area contributed by atoms with Gasteiger partial charge in [0.15, 0.2) is 0 Å². The van der Waals surface area contributed by atoms with Gasteiger partial charge in [0.1, 0.15) is 36.2 Å². The lowest BCUT2D eigenvalue weighted by Crippen LogP contribution is -2.52. The molecule has 2 aliphatic rings. The predicted molar refractivity (Wildman–Crippen MR) is 225 cm³/mol. The Hall–Kier alpha value is -5.75. The number of alkyl carbamates (subject to hydrolysis) is 1. The lowest BCUT2D eigenvalue weighted by molar-refractivity contribution is -0.140. The van der Waals surface area contributed by atoms with Gasteiger partial charge in [0.05, 0.1) is 56.7 Å². The van der Waals surface area contributed by atoms with Crippen LogP contribution in [0.4, 0.5) is 18.0 Å². The van der Waals surface area contributed by atoms with E-state index in [0.717, 1.165) is 16.3 Å². The summed E-state index contributed by atoms with van der Waals surface area (Å²) in [7, 11) is -0.598. The zero-order chi connectivity index (χ0) is 44.1. The second-order valence-electron chi connectivity index (χ2n) is 17.6. The first kappa shape index (κ1) is 43.3. The maximum absolute atomic E-state index is 16.0. The van der Waals surface area contributed by atoms with Crippen molar-refractivity contribution in [2.24, 2.45) is 11.8 Å². The molecule has 2 aromatic heterocycles. The number of aromatic amines is 2. The van der Waals surface area contributed by atoms with Crippen LogP contribution < -0.4 is 10.6 Å². The number of H-pyrrole nitrogens is 2. The number of nitrogens with one attached hydrogen (secondary N) is 4. The van der Waals surface area contributed by atoms with E-state index in [4.69, 9.17) is 4.74 Å². The molecule has 4 atom stereocenters. The zero-order valence-corrected chi connectivity index (χ0v) is 36.1. The van der Waals surface area contributed by atoms with Gasteiger partial charge >= 0.3 is 6.09 Å². The van der Waals surface area contributed by atoms with Crippen LogP contribution in [0.5, 0.6) is 0 Å². The molecule has 2 saturated heterocycles. The maximum atomic E-state index is 16.0. The first-order valence-electron chi connectivity index (χ1n) is 20.3. The molecule has 0 saturated carbocycles. The van der Waals surface area contributed by atoms with Gasteiger partial charge in [-0.15, -0.1) is 0 Å². The number of likely N-dealkylation sites (tertiary alicyclic amines) is 1. The summed E-state index contributed by atoms with van der Waals surface area (Å²) in [6, 6.07) is 11.3. The summed E-state index contributed by atoms with van der Waals surface area (Å²) in [6.45, 7) is 9.80. The number of carbonyl (C=O) groups is 4. The summed E-state index contributed by atoms with van der Waals surface area (Å²) in [5.74, 6) is -5.22. The summed E-state index contributed by atoms with van der Waals surface area (Å²) >= 11 is 0. The highest BCUT2D eigenvalue weighted by molar-refractivity contribution is 6.78. The zero-order valence-electron chi connectivity index (χ0n) is 35.1. The van der Waals surface area contributed by atoms with Crippen molar-refractivity contribution in [1.82, 2.24) is 40.4 Å². The van der Waals surface area contributed by atoms with E-state index in [2.05, 4.69) is 43.7 Å². The molecule has 14 nitrogen and oxygen atoms in total. The largest absolute Gasteiger partial charge is 0.453 e. The van der Waals surface area contributed by atoms with E-state index >= 15 is 4.39 Å². The van der Waals surface area contributed by atoms with Crippen LogP contribution in [-0.2, 0) is 19.1 Å². The third-order valence-corrected chi connectivity index (χ3v) is 14.3. The van der Waals surface area contributed by atoms with Gasteiger partial charge in [-0.05, 0) is 47.0 Å². The number of alkyl halides is 2. The van der Waals surface area contributed by atoms with Gasteiger partial charge in [-0.2, -0.15) is 0 Å². The molecule has 2 aliphatic heterocycles. The van der Waals surface area contributed by atoms with Gasteiger partial charge in [-0.1, -0.05) is 71.1 Å². The Balaban J connectivity index is 1.13. The minimum atomic E-state index is -3.20. The van der Waals surface area contributed by atoms with Gasteiger partial charge in [-0.3, -0.25) is 14.4 Å². The molecule has 4 amide bonds. The summed E-state index contributed by atoms with van der Waals surface area (Å²) in [5, 5.41) is 15.8. The normalized spacial score (nSPS) is 19.5. The first-order valence-corrected chi connectivity index (χ1v) is 23.7. The number of rotatable bonds is 11. The van der Waals surface area contributed by atoms with Gasteiger partial charge < -0.3 is 40.2 Å². The number of aliphatic hydroxyl groups excluding tert-OH is 1. The van der Waals surface area contributed by atoms with Crippen molar-refractivity contribution in [2.45, 2.75) is 83.3 Å². The van der Waals surface area contributed by atoms with E-state index in [0.29, 0.717) is 50.8 Å². The number of halogens is 3. The number of methoxy groups -OCH3 is 1. The number of imidazole rings is 2. The van der Waals surface area contributed by atoms with Gasteiger partial charge in [0.25, 0.3) is 5.92 Å². The van der Waals surface area contributed by atoms with E-state index in [-0.39, 0.29) is 23.7 Å². The van der Waals surface area contributed by atoms with E-state index in [1.165, 1.54) is 13.2 Å². The maximum Gasteiger partial charge on any atom is 0.407 e. The summed E-state index contributed by atoms with van der Waals surface area (Å²) in [5.41, 5.74) is 3.16. The van der Waals surface area contributed by atoms with Crippen molar-refractivity contribution in [1.29, 1.82) is 0 Å². The number of carbonyl (C=O) groups excluding carboxylic acids is 4. The number of hydrogen-bond donors (Lipinski definition) is 5. The summed E-state index contributed by atoms with van der Waals surface area (Å²) < 4.78 is 50.7. The number of aliphatic hydroxyl groups is 1. The molecule has 0 aliphatic carbocycles. The van der Waals surface area contributed by atoms with E-state index in [1.807, 2.05) is 26.0 Å². The van der Waals surface area contributed by atoms with Crippen molar-refractivity contribution in [3.63, 3.8) is 0 Å². The van der Waals surface area contributed by atoms with Gasteiger partial charge in [0.2, 0.25) is 17.7 Å². The second kappa shape index (κ2) is 16.6. The van der Waals surface area contributed by atoms with Crippen molar-refractivity contribution in [3.05, 3.63) is 72.2 Å². The van der Waals surface area contributed by atoms with E-state index < -0.39 is 81.3 Å². The van der Waals surface area contributed by atoms with Crippen LogP contribution in [0.1, 0.15) is 57.8 Å². The lowest BCUT2D eigenvalue weighted by Gasteiger charge is -2.30. The van der Waals surface area contributed by atoms with Crippen molar-refractivity contribution < 1.29 is 42.2 Å². The third kappa shape index (κ3) is 8.73. The quantitative estimate of drug-likeness (QED) is 0.0937. The Morgan fingerprint density at radius 1 is 0.918 bits per heavy atom. The third-order valence-electron chi connectivity index (χ3n) is 11.7. The fourth-order valence-corrected chi connectivity index (χ4v) is 11.4. The molecule has 18 heteroatoms. The van der Waals surface area contributed by atoms with Crippen LogP contribution in [0.25, 0.3) is 44.2 Å². The molecule has 0 radical (unpaired) electrons. The molecule has 1 unspecified atom stereocenters. The summed E-state index contributed by atoms with van der Waals surface area (Å²) in [4.78, 5) is 70.2. The van der Waals surface area contributed by atoms with Crippen LogP contribution in [-0.4, -0.2) is 111 Å². The highest BCUT2D eigenvalue weighted by atomic mass is 28.3. The van der Waals surface area contributed by atoms with Gasteiger partial charge in [0, 0.05) is 29.1 Å². The lowest BCUT2D eigenvalue weighted by atomic mass is 9.98. The Morgan fingerprint density at radius 3 is 2.28 bits per heavy atom. The fourth-order valence-electron chi connectivity index (χ4n) is 8.55. The molecule has 3 aromatic carbocycles. The molecule has 2 fully saturated rings. The topological polar surface area (TPSA) is 186 Å². The highest BCUT2D eigenvalue weighted by Gasteiger charge is 2.50. The van der Waals surface area contributed by atoms with Crippen LogP contribution in [0.3, 0.4) is 0 Å². The molecular formula is C43H51F3N8O6Si. The second-order valence-corrected chi connectivity index (χ2v) is 22.6. The molecule has 0 spiro atoms. The monoisotopic (exact) mass is 860 g/mol. The number of aromatic nitrogens is 4. The van der Waals surface area contributed by atoms with Crippen molar-refractivity contribution in [2.75, 3.05) is 26.4 Å². The van der Waals surface area contributed by atoms with Crippen LogP contribution >= 0.6 is 0 Å². The summed E-state index contributed by atoms with van der Waals surface area (Å²) in [6.07, 6.45) is 0.878. The molecule has 0 bridgehead atoms. The Bertz CT molecular complexity index is 2510. The smallest absolute Gasteiger partial charge is 0.407 e. The number of ether oxygens (including phenoxy) is 1. The van der Waals surface area contributed by atoms with Gasteiger partial charge in [-0.25, -0.2) is 27.9 Å². The molecule has 324 valence electrons. The van der Waals surface area contributed by atoms with E-state index in [9.17, 15) is 33.1 Å². The number of fused-ring (bicyclic) bond motifs is 3. The highest BCUT2D eigenvalue weighted by Crippen LogP contribution is 2.42. The number of benzene rings is 3. The van der Waals surface area contributed by atoms with Crippen LogP contribution in [0.2, 0.25) is 19.1 Å². The molecule has 61 heavy (non-hydrogen) atoms. The number of nitrogens with zero attached hydrogens (tertiary/aromatic N) is 4. The first-order chi connectivity index (χ1) is 28.8.